The lowest BCUT2D eigenvalue weighted by molar-refractivity contribution is 0.411. The third-order valence-corrected chi connectivity index (χ3v) is 4.39. The summed E-state index contributed by atoms with van der Waals surface area (Å²) in [6.45, 7) is 0.357. The Bertz CT molecular complexity index is 1170. The van der Waals surface area contributed by atoms with Crippen molar-refractivity contribution in [2.45, 2.75) is 6.54 Å². The van der Waals surface area contributed by atoms with Gasteiger partial charge in [-0.15, -0.1) is 5.10 Å². The van der Waals surface area contributed by atoms with Gasteiger partial charge in [0, 0.05) is 34.8 Å². The van der Waals surface area contributed by atoms with Crippen molar-refractivity contribution in [3.8, 4) is 17.2 Å². The van der Waals surface area contributed by atoms with E-state index in [1.54, 1.807) is 14.2 Å². The number of methoxy groups -OCH3 is 2. The van der Waals surface area contributed by atoms with Crippen LogP contribution in [-0.2, 0) is 6.54 Å². The molecule has 0 saturated carbocycles. The zero-order chi connectivity index (χ0) is 19.5. The van der Waals surface area contributed by atoms with E-state index in [2.05, 4.69) is 25.8 Å². The molecule has 0 unspecified atom stereocenters. The second-order valence-electron chi connectivity index (χ2n) is 6.07. The van der Waals surface area contributed by atoms with Crippen LogP contribution in [0.25, 0.3) is 16.6 Å². The fourth-order valence-electron chi connectivity index (χ4n) is 2.93. The summed E-state index contributed by atoms with van der Waals surface area (Å²) in [5.41, 5.74) is 2.77. The third kappa shape index (κ3) is 3.37. The number of aromatic amines is 1. The summed E-state index contributed by atoms with van der Waals surface area (Å²) in [4.78, 5) is 15.3. The number of nitrogens with zero attached hydrogens (tertiary/aromatic N) is 4. The zero-order valence-corrected chi connectivity index (χ0v) is 15.3. The summed E-state index contributed by atoms with van der Waals surface area (Å²) in [5.74, 6) is 1.34. The van der Waals surface area contributed by atoms with E-state index < -0.39 is 0 Å². The topological polar surface area (TPSA) is 107 Å². The van der Waals surface area contributed by atoms with E-state index in [-0.39, 0.29) is 5.56 Å². The molecule has 142 valence electrons. The maximum atomic E-state index is 12.4. The number of fused-ring (bicyclic) bond motifs is 1. The monoisotopic (exact) mass is 378 g/mol. The number of tetrazole rings is 1. The normalized spacial score (nSPS) is 10.8. The minimum atomic E-state index is -0.137. The first-order valence-corrected chi connectivity index (χ1v) is 8.53. The second kappa shape index (κ2) is 7.39. The summed E-state index contributed by atoms with van der Waals surface area (Å²) in [6.07, 6.45) is 1.49. The van der Waals surface area contributed by atoms with Crippen LogP contribution in [-0.4, -0.2) is 39.4 Å². The molecule has 28 heavy (non-hydrogen) atoms. The number of nitrogens with one attached hydrogen (secondary N) is 2. The standard InChI is InChI=1S/C19H18N6O3/c1-27-15-4-5-16-12(8-15)7-13(19(26)22-16)10-20-14-3-6-17(18(9-14)28-2)25-11-21-23-24-25/h3-9,11,20H,10H2,1-2H3,(H,22,26). The van der Waals surface area contributed by atoms with Gasteiger partial charge in [0.1, 0.15) is 23.5 Å². The van der Waals surface area contributed by atoms with Gasteiger partial charge in [-0.25, -0.2) is 0 Å². The molecule has 0 aliphatic rings. The van der Waals surface area contributed by atoms with Crippen LogP contribution >= 0.6 is 0 Å². The predicted octanol–water partition coefficient (Wildman–Crippen LogP) is 2.13. The molecule has 0 bridgehead atoms. The lowest BCUT2D eigenvalue weighted by Crippen LogP contribution is -2.15. The number of ether oxygens (including phenoxy) is 2. The van der Waals surface area contributed by atoms with Crippen LogP contribution in [0.3, 0.4) is 0 Å². The molecule has 0 radical (unpaired) electrons. The molecule has 0 fully saturated rings. The minimum absolute atomic E-state index is 0.137. The average Bonchev–Trinajstić information content (AvgIpc) is 3.26. The van der Waals surface area contributed by atoms with Crippen LogP contribution < -0.4 is 20.3 Å². The van der Waals surface area contributed by atoms with Crippen molar-refractivity contribution in [3.63, 3.8) is 0 Å². The second-order valence-corrected chi connectivity index (χ2v) is 6.07. The fraction of sp³-hybridized carbons (Fsp3) is 0.158. The maximum absolute atomic E-state index is 12.4. The van der Waals surface area contributed by atoms with E-state index in [1.165, 1.54) is 11.0 Å². The van der Waals surface area contributed by atoms with Gasteiger partial charge in [-0.2, -0.15) is 4.68 Å². The molecule has 0 amide bonds. The first-order valence-electron chi connectivity index (χ1n) is 8.53. The minimum Gasteiger partial charge on any atom is -0.497 e. The highest BCUT2D eigenvalue weighted by Gasteiger charge is 2.09. The van der Waals surface area contributed by atoms with Crippen molar-refractivity contribution in [1.29, 1.82) is 0 Å². The van der Waals surface area contributed by atoms with Crippen LogP contribution in [0.15, 0.2) is 53.6 Å². The van der Waals surface area contributed by atoms with E-state index in [4.69, 9.17) is 9.47 Å². The van der Waals surface area contributed by atoms with Crippen molar-refractivity contribution >= 4 is 16.6 Å². The Labute approximate surface area is 159 Å². The van der Waals surface area contributed by atoms with E-state index in [0.29, 0.717) is 23.5 Å². The van der Waals surface area contributed by atoms with Crippen LogP contribution in [0.1, 0.15) is 5.56 Å². The Kier molecular flexibility index (Phi) is 4.63. The van der Waals surface area contributed by atoms with Gasteiger partial charge in [0.15, 0.2) is 0 Å². The summed E-state index contributed by atoms with van der Waals surface area (Å²) in [5, 5.41) is 15.3. The Balaban J connectivity index is 1.59. The van der Waals surface area contributed by atoms with Gasteiger partial charge in [-0.05, 0) is 46.8 Å². The molecule has 0 atom stereocenters. The van der Waals surface area contributed by atoms with Gasteiger partial charge in [0.05, 0.1) is 14.2 Å². The van der Waals surface area contributed by atoms with E-state index in [1.807, 2.05) is 42.5 Å². The third-order valence-electron chi connectivity index (χ3n) is 4.39. The first kappa shape index (κ1) is 17.5. The SMILES string of the molecule is COc1ccc2[nH]c(=O)c(CNc3ccc(-n4cnnn4)c(OC)c3)cc2c1. The molecular formula is C19H18N6O3. The predicted molar refractivity (Wildman–Crippen MR) is 104 cm³/mol. The maximum Gasteiger partial charge on any atom is 0.253 e. The summed E-state index contributed by atoms with van der Waals surface area (Å²) < 4.78 is 12.2. The molecule has 2 N–H and O–H groups in total. The first-order chi connectivity index (χ1) is 13.7. The molecule has 9 heteroatoms. The Morgan fingerprint density at radius 3 is 2.75 bits per heavy atom. The highest BCUT2D eigenvalue weighted by molar-refractivity contribution is 5.80. The lowest BCUT2D eigenvalue weighted by atomic mass is 10.1. The Hall–Kier alpha value is -3.88. The number of anilines is 1. The van der Waals surface area contributed by atoms with Gasteiger partial charge in [0.25, 0.3) is 5.56 Å². The van der Waals surface area contributed by atoms with Crippen molar-refractivity contribution < 1.29 is 9.47 Å². The zero-order valence-electron chi connectivity index (χ0n) is 15.3. The number of hydrogen-bond acceptors (Lipinski definition) is 7. The van der Waals surface area contributed by atoms with Crippen molar-refractivity contribution in [2.75, 3.05) is 19.5 Å². The molecule has 0 aliphatic carbocycles. The molecule has 9 nitrogen and oxygen atoms in total. The van der Waals surface area contributed by atoms with Crippen LogP contribution in [0.5, 0.6) is 11.5 Å². The summed E-state index contributed by atoms with van der Waals surface area (Å²) in [6, 6.07) is 12.9. The molecule has 0 spiro atoms. The van der Waals surface area contributed by atoms with Gasteiger partial charge >= 0.3 is 0 Å². The number of aromatic nitrogens is 5. The molecule has 0 saturated heterocycles. The molecule has 2 aromatic carbocycles. The molecular weight excluding hydrogens is 360 g/mol. The van der Waals surface area contributed by atoms with Gasteiger partial charge in [0.2, 0.25) is 0 Å². The highest BCUT2D eigenvalue weighted by Crippen LogP contribution is 2.26. The molecule has 0 aliphatic heterocycles. The number of rotatable bonds is 6. The number of benzene rings is 2. The van der Waals surface area contributed by atoms with E-state index >= 15 is 0 Å². The largest absolute Gasteiger partial charge is 0.497 e. The average molecular weight is 378 g/mol. The lowest BCUT2D eigenvalue weighted by Gasteiger charge is -2.12. The van der Waals surface area contributed by atoms with Gasteiger partial charge in [-0.3, -0.25) is 4.79 Å². The molecule has 4 rings (SSSR count). The smallest absolute Gasteiger partial charge is 0.253 e. The van der Waals surface area contributed by atoms with Gasteiger partial charge in [-0.1, -0.05) is 0 Å². The molecule has 2 aromatic heterocycles. The highest BCUT2D eigenvalue weighted by atomic mass is 16.5. The Morgan fingerprint density at radius 2 is 2.00 bits per heavy atom. The Morgan fingerprint density at radius 1 is 1.11 bits per heavy atom. The van der Waals surface area contributed by atoms with E-state index in [9.17, 15) is 4.79 Å². The van der Waals surface area contributed by atoms with E-state index in [0.717, 1.165) is 22.3 Å². The quantitative estimate of drug-likeness (QED) is 0.529. The fourth-order valence-corrected chi connectivity index (χ4v) is 2.93. The number of pyridine rings is 1. The van der Waals surface area contributed by atoms with Crippen LogP contribution in [0.4, 0.5) is 5.69 Å². The number of H-pyrrole nitrogens is 1. The molecule has 4 aromatic rings. The van der Waals surface area contributed by atoms with Crippen molar-refractivity contribution in [2.24, 2.45) is 0 Å². The summed E-state index contributed by atoms with van der Waals surface area (Å²) >= 11 is 0. The number of hydrogen-bond donors (Lipinski definition) is 2. The van der Waals surface area contributed by atoms with Crippen LogP contribution in [0.2, 0.25) is 0 Å². The van der Waals surface area contributed by atoms with Crippen molar-refractivity contribution in [3.05, 3.63) is 64.7 Å². The van der Waals surface area contributed by atoms with Crippen molar-refractivity contribution in [1.82, 2.24) is 25.2 Å². The summed E-state index contributed by atoms with van der Waals surface area (Å²) in [7, 11) is 3.19. The van der Waals surface area contributed by atoms with Crippen LogP contribution in [0, 0.1) is 0 Å². The molecule has 2 heterocycles. The van der Waals surface area contributed by atoms with Gasteiger partial charge < -0.3 is 19.8 Å².